The molecule has 0 aliphatic rings. The van der Waals surface area contributed by atoms with Gasteiger partial charge in [0.2, 0.25) is 0 Å². The summed E-state index contributed by atoms with van der Waals surface area (Å²) in [7, 11) is 0. The zero-order valence-corrected chi connectivity index (χ0v) is 32.6. The van der Waals surface area contributed by atoms with E-state index >= 15 is 0 Å². The van der Waals surface area contributed by atoms with Crippen molar-refractivity contribution in [3.05, 3.63) is 160 Å². The first-order valence-corrected chi connectivity index (χ1v) is 18.2. The summed E-state index contributed by atoms with van der Waals surface area (Å²) in [5.41, 5.74) is 2.80. The highest BCUT2D eigenvalue weighted by Crippen LogP contribution is 2.34. The van der Waals surface area contributed by atoms with Crippen molar-refractivity contribution in [1.29, 1.82) is 5.26 Å². The van der Waals surface area contributed by atoms with Gasteiger partial charge in [-0.25, -0.2) is 4.79 Å². The molecule has 4 rings (SSSR count). The van der Waals surface area contributed by atoms with Gasteiger partial charge in [0, 0.05) is 70.9 Å². The van der Waals surface area contributed by atoms with E-state index in [4.69, 9.17) is 14.2 Å². The molecule has 4 aromatic rings. The maximum atomic E-state index is 13.7. The number of nitro groups is 1. The molecule has 59 heavy (non-hydrogen) atoms. The van der Waals surface area contributed by atoms with E-state index in [1.807, 2.05) is 6.07 Å². The lowest BCUT2D eigenvalue weighted by Crippen LogP contribution is -2.20. The van der Waals surface area contributed by atoms with Gasteiger partial charge in [-0.2, -0.15) is 5.26 Å². The van der Waals surface area contributed by atoms with E-state index in [0.717, 1.165) is 0 Å². The standard InChI is InChI=1S/C45H42N4O10/c1-6-23-57-41-28(4)37(19-17-35(41)44(53)48-38-20-18-36(45(54)59-25-8-3)42(29(38)5)58-24-7-2)47-43(52)32-11-9-30(10-12-32)26-39(50)33(21-22-46)27-40(51)31-13-15-34(16-14-31)49(55)56/h6-20,33H,1-3,21,23-27H2,4-5H3,(H,47,52)(H,48,53). The van der Waals surface area contributed by atoms with Gasteiger partial charge < -0.3 is 24.8 Å². The highest BCUT2D eigenvalue weighted by atomic mass is 16.6. The van der Waals surface area contributed by atoms with E-state index in [2.05, 4.69) is 30.4 Å². The van der Waals surface area contributed by atoms with Crippen LogP contribution in [0.1, 0.15) is 71.0 Å². The number of anilines is 2. The molecule has 0 spiro atoms. The first kappa shape index (κ1) is 44.1. The van der Waals surface area contributed by atoms with Crippen LogP contribution in [0.2, 0.25) is 0 Å². The Morgan fingerprint density at radius 1 is 0.746 bits per heavy atom. The predicted molar refractivity (Wildman–Crippen MR) is 221 cm³/mol. The second-order valence-corrected chi connectivity index (χ2v) is 13.1. The largest absolute Gasteiger partial charge is 0.488 e. The highest BCUT2D eigenvalue weighted by Gasteiger charge is 2.25. The monoisotopic (exact) mass is 798 g/mol. The molecule has 14 nitrogen and oxygen atoms in total. The van der Waals surface area contributed by atoms with Gasteiger partial charge in [-0.1, -0.05) is 50.1 Å². The molecule has 1 unspecified atom stereocenters. The van der Waals surface area contributed by atoms with Crippen LogP contribution in [0.5, 0.6) is 11.5 Å². The van der Waals surface area contributed by atoms with Crippen molar-refractivity contribution in [2.24, 2.45) is 5.92 Å². The Bertz CT molecular complexity index is 2330. The minimum Gasteiger partial charge on any atom is -0.488 e. The van der Waals surface area contributed by atoms with E-state index in [9.17, 15) is 39.3 Å². The van der Waals surface area contributed by atoms with Gasteiger partial charge >= 0.3 is 5.97 Å². The first-order chi connectivity index (χ1) is 28.3. The van der Waals surface area contributed by atoms with E-state index in [1.54, 1.807) is 38.1 Å². The van der Waals surface area contributed by atoms with Crippen molar-refractivity contribution in [2.75, 3.05) is 30.5 Å². The summed E-state index contributed by atoms with van der Waals surface area (Å²) in [4.78, 5) is 76.2. The number of ketones is 2. The van der Waals surface area contributed by atoms with Crippen LogP contribution in [0.3, 0.4) is 0 Å². The number of hydrogen-bond acceptors (Lipinski definition) is 11. The summed E-state index contributed by atoms with van der Waals surface area (Å²) in [6.45, 7) is 14.4. The van der Waals surface area contributed by atoms with Crippen molar-refractivity contribution >= 4 is 46.4 Å². The van der Waals surface area contributed by atoms with E-state index in [-0.39, 0.29) is 84.3 Å². The van der Waals surface area contributed by atoms with Gasteiger partial charge in [0.25, 0.3) is 17.5 Å². The number of nitriles is 1. The quantitative estimate of drug-likeness (QED) is 0.0271. The van der Waals surface area contributed by atoms with Crippen LogP contribution in [0, 0.1) is 41.2 Å². The maximum Gasteiger partial charge on any atom is 0.342 e. The van der Waals surface area contributed by atoms with Crippen molar-refractivity contribution in [1.82, 2.24) is 0 Å². The minimum atomic E-state index is -0.896. The summed E-state index contributed by atoms with van der Waals surface area (Å²) in [6.07, 6.45) is 3.94. The Kier molecular flexibility index (Phi) is 15.7. The Balaban J connectivity index is 1.48. The van der Waals surface area contributed by atoms with E-state index in [1.165, 1.54) is 66.8 Å². The third kappa shape index (κ3) is 11.5. The lowest BCUT2D eigenvalue weighted by Gasteiger charge is -2.19. The number of rotatable bonds is 21. The number of ether oxygens (including phenoxy) is 3. The molecule has 0 aromatic heterocycles. The summed E-state index contributed by atoms with van der Waals surface area (Å²) in [5, 5.41) is 26.0. The van der Waals surface area contributed by atoms with Crippen LogP contribution in [0.15, 0.2) is 111 Å². The molecule has 2 N–H and O–H groups in total. The van der Waals surface area contributed by atoms with Crippen LogP contribution in [-0.4, -0.2) is 54.1 Å². The summed E-state index contributed by atoms with van der Waals surface area (Å²) < 4.78 is 16.9. The normalized spacial score (nSPS) is 10.9. The average Bonchev–Trinajstić information content (AvgIpc) is 3.23. The molecule has 0 aliphatic carbocycles. The first-order valence-electron chi connectivity index (χ1n) is 18.2. The van der Waals surface area contributed by atoms with Crippen LogP contribution in [0.4, 0.5) is 17.1 Å². The molecule has 4 aromatic carbocycles. The number of amides is 2. The number of nitrogens with one attached hydrogen (secondary N) is 2. The Labute approximate surface area is 340 Å². The third-order valence-electron chi connectivity index (χ3n) is 9.02. The highest BCUT2D eigenvalue weighted by molar-refractivity contribution is 6.09. The van der Waals surface area contributed by atoms with Gasteiger partial charge in [-0.05, 0) is 67.9 Å². The lowest BCUT2D eigenvalue weighted by molar-refractivity contribution is -0.384. The van der Waals surface area contributed by atoms with Crippen molar-refractivity contribution in [2.45, 2.75) is 33.1 Å². The van der Waals surface area contributed by atoms with Gasteiger partial charge in [-0.3, -0.25) is 29.3 Å². The van der Waals surface area contributed by atoms with Crippen LogP contribution < -0.4 is 20.1 Å². The smallest absolute Gasteiger partial charge is 0.342 e. The van der Waals surface area contributed by atoms with Gasteiger partial charge in [0.15, 0.2) is 5.78 Å². The third-order valence-corrected chi connectivity index (χ3v) is 9.02. The van der Waals surface area contributed by atoms with Gasteiger partial charge in [-0.15, -0.1) is 0 Å². The summed E-state index contributed by atoms with van der Waals surface area (Å²) in [5.74, 6) is -2.90. The topological polar surface area (TPSA) is 204 Å². The summed E-state index contributed by atoms with van der Waals surface area (Å²) in [6, 6.07) is 19.3. The number of nitrogens with zero attached hydrogens (tertiary/aromatic N) is 2. The fourth-order valence-corrected chi connectivity index (χ4v) is 5.89. The molecule has 0 aliphatic heterocycles. The fraction of sp³-hybridized carbons (Fsp3) is 0.200. The number of hydrogen-bond donors (Lipinski definition) is 2. The van der Waals surface area contributed by atoms with Crippen molar-refractivity contribution in [3.8, 4) is 17.6 Å². The molecule has 0 bridgehead atoms. The molecule has 2 amide bonds. The number of carbonyl (C=O) groups excluding carboxylic acids is 5. The SMILES string of the molecule is C=CCOC(=O)c1ccc(NC(=O)c2ccc(NC(=O)c3ccc(CC(=O)C(CC#N)CC(=O)c4ccc([N+](=O)[O-])cc4)cc3)c(C)c2OCC=C)c(C)c1OCC=C. The van der Waals surface area contributed by atoms with Crippen LogP contribution in [-0.2, 0) is 16.0 Å². The predicted octanol–water partition coefficient (Wildman–Crippen LogP) is 8.10. The van der Waals surface area contributed by atoms with Crippen LogP contribution in [0.25, 0.3) is 0 Å². The Morgan fingerprint density at radius 3 is 1.81 bits per heavy atom. The average molecular weight is 799 g/mol. The molecular formula is C45H42N4O10. The second-order valence-electron chi connectivity index (χ2n) is 13.1. The molecular weight excluding hydrogens is 757 g/mol. The Hall–Kier alpha value is -7.66. The van der Waals surface area contributed by atoms with Crippen LogP contribution >= 0.6 is 0 Å². The number of non-ortho nitro benzene ring substituents is 1. The number of nitro benzene ring substituents is 1. The zero-order valence-electron chi connectivity index (χ0n) is 32.6. The molecule has 0 saturated heterocycles. The molecule has 302 valence electrons. The molecule has 0 fully saturated rings. The van der Waals surface area contributed by atoms with Crippen molar-refractivity contribution < 1.29 is 43.1 Å². The fourth-order valence-electron chi connectivity index (χ4n) is 5.89. The maximum absolute atomic E-state index is 13.7. The van der Waals surface area contributed by atoms with E-state index < -0.39 is 34.4 Å². The van der Waals surface area contributed by atoms with Gasteiger partial charge in [0.1, 0.15) is 42.7 Å². The number of esters is 1. The minimum absolute atomic E-state index is 0.00287. The second kappa shape index (κ2) is 21.0. The Morgan fingerprint density at radius 2 is 1.27 bits per heavy atom. The number of Topliss-reactive ketones (excluding diaryl/α,β-unsaturated/α-hetero) is 2. The molecule has 0 heterocycles. The lowest BCUT2D eigenvalue weighted by atomic mass is 9.89. The molecule has 14 heteroatoms. The molecule has 1 atom stereocenters. The molecule has 0 radical (unpaired) electrons. The molecule has 0 saturated carbocycles. The van der Waals surface area contributed by atoms with Gasteiger partial charge in [0.05, 0.1) is 16.6 Å². The zero-order chi connectivity index (χ0) is 43.1. The number of carbonyl (C=O) groups is 5. The van der Waals surface area contributed by atoms with E-state index in [0.29, 0.717) is 28.1 Å². The summed E-state index contributed by atoms with van der Waals surface area (Å²) >= 11 is 0. The van der Waals surface area contributed by atoms with Crippen molar-refractivity contribution in [3.63, 3.8) is 0 Å². The number of benzene rings is 4.